The van der Waals surface area contributed by atoms with Crippen molar-refractivity contribution < 1.29 is 13.9 Å². The summed E-state index contributed by atoms with van der Waals surface area (Å²) in [5.41, 5.74) is 1.37. The van der Waals surface area contributed by atoms with Gasteiger partial charge in [-0.2, -0.15) is 8.78 Å². The van der Waals surface area contributed by atoms with Crippen molar-refractivity contribution in [2.45, 2.75) is 24.5 Å². The fraction of sp³-hybridized carbons (Fsp3) is 0.333. The molecule has 0 fully saturated rings. The number of hydrogen-bond donors (Lipinski definition) is 1. The van der Waals surface area contributed by atoms with Gasteiger partial charge in [0.15, 0.2) is 0 Å². The molecule has 1 aromatic carbocycles. The van der Waals surface area contributed by atoms with Crippen LogP contribution in [0.15, 0.2) is 17.0 Å². The first-order chi connectivity index (χ1) is 6.02. The number of benzene rings is 1. The van der Waals surface area contributed by atoms with Crippen molar-refractivity contribution in [3.8, 4) is 5.75 Å². The maximum Gasteiger partial charge on any atom is 0.288 e. The molecule has 13 heavy (non-hydrogen) atoms. The fourth-order valence-corrected chi connectivity index (χ4v) is 1.67. The molecule has 0 spiro atoms. The summed E-state index contributed by atoms with van der Waals surface area (Å²) in [5.74, 6) is -2.27. The Balaban J connectivity index is 3.04. The number of phenols is 1. The van der Waals surface area contributed by atoms with E-state index in [1.54, 1.807) is 13.8 Å². The predicted octanol–water partition coefficient (Wildman–Crippen LogP) is 3.32. The lowest BCUT2D eigenvalue weighted by atomic mass is 10.1. The Morgan fingerprint density at radius 1 is 1.23 bits per heavy atom. The summed E-state index contributed by atoms with van der Waals surface area (Å²) >= 11 is 0.503. The second-order valence-corrected chi connectivity index (χ2v) is 3.74. The first kappa shape index (κ1) is 10.3. The van der Waals surface area contributed by atoms with Gasteiger partial charge in [-0.05, 0) is 37.1 Å². The van der Waals surface area contributed by atoms with Crippen LogP contribution in [0.25, 0.3) is 0 Å². The second-order valence-electron chi connectivity index (χ2n) is 2.71. The van der Waals surface area contributed by atoms with E-state index in [0.717, 1.165) is 0 Å². The topological polar surface area (TPSA) is 20.2 Å². The van der Waals surface area contributed by atoms with Gasteiger partial charge in [-0.1, -0.05) is 11.8 Å². The Morgan fingerprint density at radius 2 is 1.85 bits per heavy atom. The molecule has 1 N–H and O–H groups in total. The third-order valence-electron chi connectivity index (χ3n) is 1.92. The third kappa shape index (κ3) is 2.34. The molecule has 0 heterocycles. The van der Waals surface area contributed by atoms with Crippen LogP contribution >= 0.6 is 11.8 Å². The average molecular weight is 204 g/mol. The summed E-state index contributed by atoms with van der Waals surface area (Å²) in [6.45, 7) is 3.43. The van der Waals surface area contributed by atoms with Crippen molar-refractivity contribution >= 4 is 11.8 Å². The third-order valence-corrected chi connectivity index (χ3v) is 2.80. The molecule has 0 unspecified atom stereocenters. The molecule has 0 atom stereocenters. The highest BCUT2D eigenvalue weighted by Gasteiger charge is 2.10. The van der Waals surface area contributed by atoms with Gasteiger partial charge >= 0.3 is 0 Å². The maximum atomic E-state index is 12.0. The van der Waals surface area contributed by atoms with Crippen molar-refractivity contribution in [1.82, 2.24) is 0 Å². The van der Waals surface area contributed by atoms with Gasteiger partial charge in [0.05, 0.1) is 0 Å². The standard InChI is InChI=1S/C9H10F2OS/c1-5-6(2)8(13-9(10)11)4-3-7(5)12/h3-4,9,12H,1-2H3. The monoisotopic (exact) mass is 204 g/mol. The molecule has 0 bridgehead atoms. The quantitative estimate of drug-likeness (QED) is 0.746. The molecule has 0 amide bonds. The minimum Gasteiger partial charge on any atom is -0.508 e. The molecule has 1 aromatic rings. The number of halogens is 2. The largest absolute Gasteiger partial charge is 0.508 e. The number of aromatic hydroxyl groups is 1. The molecular weight excluding hydrogens is 194 g/mol. The number of rotatable bonds is 2. The zero-order valence-corrected chi connectivity index (χ0v) is 8.16. The van der Waals surface area contributed by atoms with E-state index in [0.29, 0.717) is 27.8 Å². The highest BCUT2D eigenvalue weighted by Crippen LogP contribution is 2.32. The minimum absolute atomic E-state index is 0.149. The summed E-state index contributed by atoms with van der Waals surface area (Å²) in [4.78, 5) is 0.519. The van der Waals surface area contributed by atoms with E-state index in [1.807, 2.05) is 0 Å². The van der Waals surface area contributed by atoms with E-state index in [4.69, 9.17) is 0 Å². The second kappa shape index (κ2) is 3.96. The van der Waals surface area contributed by atoms with E-state index in [1.165, 1.54) is 12.1 Å². The number of alkyl halides is 2. The Hall–Kier alpha value is -0.770. The van der Waals surface area contributed by atoms with Crippen molar-refractivity contribution in [2.75, 3.05) is 0 Å². The molecule has 0 aromatic heterocycles. The van der Waals surface area contributed by atoms with Crippen LogP contribution in [0.5, 0.6) is 5.75 Å². The van der Waals surface area contributed by atoms with Crippen LogP contribution < -0.4 is 0 Å². The Kier molecular flexibility index (Phi) is 3.14. The van der Waals surface area contributed by atoms with E-state index >= 15 is 0 Å². The number of thioether (sulfide) groups is 1. The predicted molar refractivity (Wildman–Crippen MR) is 49.4 cm³/mol. The SMILES string of the molecule is Cc1c(O)ccc(SC(F)F)c1C. The van der Waals surface area contributed by atoms with Gasteiger partial charge in [-0.15, -0.1) is 0 Å². The Morgan fingerprint density at radius 3 is 2.38 bits per heavy atom. The van der Waals surface area contributed by atoms with E-state index in [9.17, 15) is 13.9 Å². The van der Waals surface area contributed by atoms with Crippen molar-refractivity contribution in [3.63, 3.8) is 0 Å². The van der Waals surface area contributed by atoms with Crippen molar-refractivity contribution in [1.29, 1.82) is 0 Å². The van der Waals surface area contributed by atoms with Gasteiger partial charge in [0.1, 0.15) is 5.75 Å². The summed E-state index contributed by atoms with van der Waals surface area (Å²) < 4.78 is 24.1. The van der Waals surface area contributed by atoms with Crippen LogP contribution in [0.2, 0.25) is 0 Å². The lowest BCUT2D eigenvalue weighted by Crippen LogP contribution is -1.88. The van der Waals surface area contributed by atoms with Crippen molar-refractivity contribution in [3.05, 3.63) is 23.3 Å². The van der Waals surface area contributed by atoms with E-state index in [-0.39, 0.29) is 5.75 Å². The molecule has 72 valence electrons. The smallest absolute Gasteiger partial charge is 0.288 e. The van der Waals surface area contributed by atoms with Gasteiger partial charge in [-0.25, -0.2) is 0 Å². The van der Waals surface area contributed by atoms with Gasteiger partial charge in [-0.3, -0.25) is 0 Å². The molecule has 4 heteroatoms. The van der Waals surface area contributed by atoms with Gasteiger partial charge in [0.25, 0.3) is 5.76 Å². The summed E-state index contributed by atoms with van der Waals surface area (Å²) in [7, 11) is 0. The molecule has 0 saturated heterocycles. The highest BCUT2D eigenvalue weighted by atomic mass is 32.2. The first-order valence-corrected chi connectivity index (χ1v) is 4.64. The summed E-state index contributed by atoms with van der Waals surface area (Å²) in [5, 5.41) is 9.26. The summed E-state index contributed by atoms with van der Waals surface area (Å²) in [6, 6.07) is 2.95. The van der Waals surface area contributed by atoms with Gasteiger partial charge in [0, 0.05) is 4.90 Å². The van der Waals surface area contributed by atoms with Crippen LogP contribution in [-0.2, 0) is 0 Å². The number of hydrogen-bond acceptors (Lipinski definition) is 2. The van der Waals surface area contributed by atoms with Gasteiger partial charge in [0.2, 0.25) is 0 Å². The number of phenolic OH excluding ortho intramolecular Hbond substituents is 1. The lowest BCUT2D eigenvalue weighted by molar-refractivity contribution is 0.252. The molecule has 0 saturated carbocycles. The maximum absolute atomic E-state index is 12.0. The van der Waals surface area contributed by atoms with Crippen LogP contribution in [-0.4, -0.2) is 10.9 Å². The van der Waals surface area contributed by atoms with Crippen LogP contribution in [0.1, 0.15) is 11.1 Å². The molecule has 1 nitrogen and oxygen atoms in total. The molecule has 0 aliphatic heterocycles. The van der Waals surface area contributed by atoms with Crippen LogP contribution in [0.4, 0.5) is 8.78 Å². The molecule has 0 aliphatic rings. The molecule has 0 radical (unpaired) electrons. The highest BCUT2D eigenvalue weighted by molar-refractivity contribution is 7.99. The van der Waals surface area contributed by atoms with E-state index in [2.05, 4.69) is 0 Å². The normalized spacial score (nSPS) is 10.8. The van der Waals surface area contributed by atoms with E-state index < -0.39 is 5.76 Å². The van der Waals surface area contributed by atoms with Crippen molar-refractivity contribution in [2.24, 2.45) is 0 Å². The molecule has 1 rings (SSSR count). The Bertz CT molecular complexity index is 313. The minimum atomic E-state index is -2.41. The summed E-state index contributed by atoms with van der Waals surface area (Å²) in [6.07, 6.45) is 0. The first-order valence-electron chi connectivity index (χ1n) is 3.76. The van der Waals surface area contributed by atoms with Crippen LogP contribution in [0.3, 0.4) is 0 Å². The van der Waals surface area contributed by atoms with Crippen LogP contribution in [0, 0.1) is 13.8 Å². The lowest BCUT2D eigenvalue weighted by Gasteiger charge is -2.08. The molecular formula is C9H10F2OS. The molecule has 0 aliphatic carbocycles. The fourth-order valence-electron chi connectivity index (χ4n) is 1.01. The Labute approximate surface area is 79.8 Å². The zero-order chi connectivity index (χ0) is 10.0. The average Bonchev–Trinajstić information content (AvgIpc) is 2.06. The van der Waals surface area contributed by atoms with Gasteiger partial charge < -0.3 is 5.11 Å². The zero-order valence-electron chi connectivity index (χ0n) is 7.34.